The highest BCUT2D eigenvalue weighted by atomic mass is 28.3. The maximum Gasteiger partial charge on any atom is 0.256 e. The second-order valence-corrected chi connectivity index (χ2v) is 19.1. The second-order valence-electron chi connectivity index (χ2n) is 15.3. The van der Waals surface area contributed by atoms with Crippen molar-refractivity contribution in [3.8, 4) is 22.6 Å². The van der Waals surface area contributed by atoms with E-state index in [0.29, 0.717) is 0 Å². The monoisotopic (exact) mass is 671 g/mol. The Kier molecular flexibility index (Phi) is 6.50. The molecule has 0 fully saturated rings. The van der Waals surface area contributed by atoms with Crippen LogP contribution < -0.4 is 46.8 Å². The molecular weight excluding hydrogens is 633 g/mol. The van der Waals surface area contributed by atoms with Crippen LogP contribution in [0.1, 0.15) is 31.9 Å². The lowest BCUT2D eigenvalue weighted by Crippen LogP contribution is -2.73. The minimum atomic E-state index is -2.71. The molecule has 51 heavy (non-hydrogen) atoms. The highest BCUT2D eigenvalue weighted by molar-refractivity contribution is 7.22. The summed E-state index contributed by atoms with van der Waals surface area (Å²) in [7, 11) is -2.71. The number of nitrogens with zero attached hydrogens (tertiary/aromatic N) is 1. The summed E-state index contributed by atoms with van der Waals surface area (Å²) in [5.41, 5.74) is 12.7. The molecule has 0 amide bonds. The zero-order chi connectivity index (χ0) is 34.5. The van der Waals surface area contributed by atoms with Crippen molar-refractivity contribution >= 4 is 69.0 Å². The molecule has 0 saturated carbocycles. The third-order valence-electron chi connectivity index (χ3n) is 11.5. The van der Waals surface area contributed by atoms with Crippen molar-refractivity contribution in [2.45, 2.75) is 33.1 Å². The van der Waals surface area contributed by atoms with E-state index in [1.807, 2.05) is 0 Å². The molecule has 10 rings (SSSR count). The van der Waals surface area contributed by atoms with Gasteiger partial charge in [0.2, 0.25) is 0 Å². The van der Waals surface area contributed by atoms with Crippen LogP contribution in [0.15, 0.2) is 158 Å². The van der Waals surface area contributed by atoms with Crippen LogP contribution in [0, 0.1) is 6.92 Å². The van der Waals surface area contributed by atoms with E-state index >= 15 is 0 Å². The van der Waals surface area contributed by atoms with Crippen LogP contribution in [0.4, 0.5) is 17.1 Å². The van der Waals surface area contributed by atoms with E-state index in [4.69, 9.17) is 4.74 Å². The van der Waals surface area contributed by atoms with Crippen molar-refractivity contribution in [2.24, 2.45) is 0 Å². The van der Waals surface area contributed by atoms with Gasteiger partial charge in [0.1, 0.15) is 11.5 Å². The number of para-hydroxylation sites is 1. The average Bonchev–Trinajstić information content (AvgIpc) is 3.45. The third kappa shape index (κ3) is 4.23. The number of fused-ring (bicyclic) bond motifs is 7. The quantitative estimate of drug-likeness (QED) is 0.187. The molecule has 3 heterocycles. The first-order valence-corrected chi connectivity index (χ1v) is 20.1. The van der Waals surface area contributed by atoms with Gasteiger partial charge in [0.25, 0.3) is 6.71 Å². The Labute approximate surface area is 302 Å². The SMILES string of the molecule is Cc1ccc2c3c1N(c1ccccc1)c1cc4c(cc1B3c1cc(C(C)(C)C)ccc1O2)-c1ccccc1[Si]4(c1ccccc1)c1ccccc1. The molecule has 7 aromatic carbocycles. The molecule has 0 atom stereocenters. The van der Waals surface area contributed by atoms with Crippen molar-refractivity contribution in [1.82, 2.24) is 0 Å². The number of hydrogen-bond donors (Lipinski definition) is 0. The van der Waals surface area contributed by atoms with Crippen molar-refractivity contribution in [1.29, 1.82) is 0 Å². The maximum absolute atomic E-state index is 6.82. The van der Waals surface area contributed by atoms with Crippen LogP contribution in [0.3, 0.4) is 0 Å². The normalized spacial score (nSPS) is 14.5. The molecule has 3 aliphatic rings. The van der Waals surface area contributed by atoms with E-state index in [1.165, 1.54) is 70.8 Å². The third-order valence-corrected chi connectivity index (χ3v) is 16.3. The zero-order valence-electron chi connectivity index (χ0n) is 29.4. The first-order valence-electron chi connectivity index (χ1n) is 18.1. The second kappa shape index (κ2) is 11.0. The maximum atomic E-state index is 6.82. The van der Waals surface area contributed by atoms with Gasteiger partial charge in [0.15, 0.2) is 8.07 Å². The van der Waals surface area contributed by atoms with Gasteiger partial charge in [0.05, 0.1) is 0 Å². The number of aryl methyl sites for hydroxylation is 1. The van der Waals surface area contributed by atoms with Gasteiger partial charge in [-0.3, -0.25) is 0 Å². The molecular formula is C47H38BNOSi. The average molecular weight is 672 g/mol. The van der Waals surface area contributed by atoms with Crippen molar-refractivity contribution in [3.63, 3.8) is 0 Å². The van der Waals surface area contributed by atoms with Gasteiger partial charge in [-0.2, -0.15) is 0 Å². The van der Waals surface area contributed by atoms with E-state index in [1.54, 1.807) is 0 Å². The summed E-state index contributed by atoms with van der Waals surface area (Å²) >= 11 is 0. The number of ether oxygens (including phenoxy) is 1. The van der Waals surface area contributed by atoms with Crippen molar-refractivity contribution in [2.75, 3.05) is 4.90 Å². The van der Waals surface area contributed by atoms with Gasteiger partial charge in [-0.25, -0.2) is 0 Å². The fourth-order valence-corrected chi connectivity index (χ4v) is 14.4. The molecule has 0 bridgehead atoms. The van der Waals surface area contributed by atoms with Gasteiger partial charge in [-0.1, -0.05) is 148 Å². The van der Waals surface area contributed by atoms with Crippen LogP contribution in [-0.4, -0.2) is 14.8 Å². The molecule has 2 nitrogen and oxygen atoms in total. The number of anilines is 3. The molecule has 0 unspecified atom stereocenters. The number of benzene rings is 7. The lowest BCUT2D eigenvalue weighted by atomic mass is 9.33. The fraction of sp³-hybridized carbons (Fsp3) is 0.106. The molecule has 0 aliphatic carbocycles. The molecule has 0 spiro atoms. The van der Waals surface area contributed by atoms with Gasteiger partial charge in [-0.15, -0.1) is 0 Å². The van der Waals surface area contributed by atoms with Crippen LogP contribution in [0.2, 0.25) is 0 Å². The van der Waals surface area contributed by atoms with Crippen molar-refractivity contribution < 1.29 is 4.74 Å². The molecule has 3 aliphatic heterocycles. The molecule has 4 heteroatoms. The highest BCUT2D eigenvalue weighted by Crippen LogP contribution is 2.44. The Morgan fingerprint density at radius 1 is 0.569 bits per heavy atom. The van der Waals surface area contributed by atoms with Crippen LogP contribution >= 0.6 is 0 Å². The summed E-state index contributed by atoms with van der Waals surface area (Å²) in [5.74, 6) is 1.90. The molecule has 0 saturated heterocycles. The van der Waals surface area contributed by atoms with Gasteiger partial charge in [0, 0.05) is 17.1 Å². The molecule has 0 N–H and O–H groups in total. The smallest absolute Gasteiger partial charge is 0.256 e. The summed E-state index contributed by atoms with van der Waals surface area (Å²) in [4.78, 5) is 2.53. The summed E-state index contributed by atoms with van der Waals surface area (Å²) in [5, 5.41) is 5.74. The largest absolute Gasteiger partial charge is 0.458 e. The zero-order valence-corrected chi connectivity index (χ0v) is 30.4. The van der Waals surface area contributed by atoms with E-state index in [0.717, 1.165) is 17.2 Å². The number of rotatable bonds is 3. The highest BCUT2D eigenvalue weighted by Gasteiger charge is 2.51. The standard InChI is InChI=1S/C47H38BNOSi/c1-31-24-26-42-45-46(31)49(33-16-8-5-9-17-33)40-30-44-37(29-38(40)48(45)39-28-32(47(2,3)4)25-27-41(39)50-42)36-22-14-15-23-43(36)51(44,34-18-10-6-11-19-34)35-20-12-7-13-21-35/h5-30H,1-4H3. The Hall–Kier alpha value is -5.58. The molecule has 244 valence electrons. The summed E-state index contributed by atoms with van der Waals surface area (Å²) in [6, 6.07) is 59.2. The minimum Gasteiger partial charge on any atom is -0.458 e. The van der Waals surface area contributed by atoms with Crippen molar-refractivity contribution in [3.05, 3.63) is 169 Å². The van der Waals surface area contributed by atoms with E-state index < -0.39 is 8.07 Å². The molecule has 0 aromatic heterocycles. The first kappa shape index (κ1) is 30.3. The Morgan fingerprint density at radius 3 is 1.88 bits per heavy atom. The Bertz CT molecular complexity index is 2470. The van der Waals surface area contributed by atoms with Gasteiger partial charge < -0.3 is 9.64 Å². The summed E-state index contributed by atoms with van der Waals surface area (Å²) < 4.78 is 6.82. The van der Waals surface area contributed by atoms with Gasteiger partial charge >= 0.3 is 0 Å². The van der Waals surface area contributed by atoms with E-state index in [-0.39, 0.29) is 12.1 Å². The van der Waals surface area contributed by atoms with E-state index in [2.05, 4.69) is 190 Å². The van der Waals surface area contributed by atoms with Crippen LogP contribution in [-0.2, 0) is 5.41 Å². The first-order chi connectivity index (χ1) is 24.9. The van der Waals surface area contributed by atoms with Crippen LogP contribution in [0.25, 0.3) is 11.1 Å². The fourth-order valence-electron chi connectivity index (χ4n) is 9.18. The van der Waals surface area contributed by atoms with Crippen LogP contribution in [0.5, 0.6) is 11.5 Å². The minimum absolute atomic E-state index is 0.00571. The van der Waals surface area contributed by atoms with Gasteiger partial charge in [-0.05, 0) is 102 Å². The lowest BCUT2D eigenvalue weighted by molar-refractivity contribution is 0.486. The Morgan fingerprint density at radius 2 is 1.20 bits per heavy atom. The summed E-state index contributed by atoms with van der Waals surface area (Å²) in [6.07, 6.45) is 0. The molecule has 0 radical (unpaired) electrons. The Balaban J connectivity index is 1.36. The lowest BCUT2D eigenvalue weighted by Gasteiger charge is -2.42. The topological polar surface area (TPSA) is 12.5 Å². The predicted molar refractivity (Wildman–Crippen MR) is 218 cm³/mol. The number of hydrogen-bond acceptors (Lipinski definition) is 2. The predicted octanol–water partition coefficient (Wildman–Crippen LogP) is 7.06. The molecule has 7 aromatic rings. The summed E-state index contributed by atoms with van der Waals surface area (Å²) in [6.45, 7) is 9.18. The van der Waals surface area contributed by atoms with E-state index in [9.17, 15) is 0 Å².